The van der Waals surface area contributed by atoms with Gasteiger partial charge in [0.15, 0.2) is 0 Å². The summed E-state index contributed by atoms with van der Waals surface area (Å²) in [5, 5.41) is 6.75. The first kappa shape index (κ1) is 24.2. The van der Waals surface area contributed by atoms with Crippen molar-refractivity contribution in [2.75, 3.05) is 32.8 Å². The predicted molar refractivity (Wildman–Crippen MR) is 133 cm³/mol. The van der Waals surface area contributed by atoms with Crippen molar-refractivity contribution in [3.8, 4) is 22.6 Å². The smallest absolute Gasteiger partial charge is 0.259 e. The Bertz CT molecular complexity index is 1340. The number of carbonyl (C=O) groups excluding carboxylic acids is 1. The first-order valence-corrected chi connectivity index (χ1v) is 11.2. The van der Waals surface area contributed by atoms with E-state index in [-0.39, 0.29) is 23.6 Å². The maximum atomic E-state index is 13.5. The molecular formula is C25H29N5O5. The number of aryl methyl sites for hydroxylation is 1. The largest absolute Gasteiger partial charge is 0.496 e. The van der Waals surface area contributed by atoms with E-state index in [9.17, 15) is 9.59 Å². The van der Waals surface area contributed by atoms with Gasteiger partial charge in [-0.2, -0.15) is 4.98 Å². The number of fused-ring (bicyclic) bond motifs is 1. The zero-order chi connectivity index (χ0) is 25.3. The molecule has 1 amide bonds. The molecule has 1 fully saturated rings. The third-order valence-corrected chi connectivity index (χ3v) is 6.32. The molecule has 1 aromatic carbocycles. The summed E-state index contributed by atoms with van der Waals surface area (Å²) in [5.74, 6) is 1.33. The van der Waals surface area contributed by atoms with Crippen LogP contribution in [0.4, 0.5) is 5.95 Å². The van der Waals surface area contributed by atoms with Crippen LogP contribution < -0.4 is 25.7 Å². The molecular weight excluding hydrogens is 450 g/mol. The molecule has 0 bridgehead atoms. The van der Waals surface area contributed by atoms with Crippen molar-refractivity contribution in [1.82, 2.24) is 19.9 Å². The highest BCUT2D eigenvalue weighted by Crippen LogP contribution is 2.38. The highest BCUT2D eigenvalue weighted by atomic mass is 16.5. The number of rotatable bonds is 7. The van der Waals surface area contributed by atoms with Gasteiger partial charge in [0.05, 0.1) is 39.5 Å². The van der Waals surface area contributed by atoms with E-state index < -0.39 is 0 Å². The first-order chi connectivity index (χ1) is 16.8. The third kappa shape index (κ3) is 4.44. The number of nitrogens with zero attached hydrogens (tertiary/aromatic N) is 3. The number of nitrogens with one attached hydrogen (secondary N) is 2. The van der Waals surface area contributed by atoms with Crippen molar-refractivity contribution in [2.45, 2.75) is 25.9 Å². The van der Waals surface area contributed by atoms with Crippen LogP contribution in [0.5, 0.6) is 11.5 Å². The Balaban J connectivity index is 1.75. The Kier molecular flexibility index (Phi) is 6.74. The molecule has 2 atom stereocenters. The van der Waals surface area contributed by atoms with Crippen molar-refractivity contribution in [2.24, 2.45) is 7.05 Å². The van der Waals surface area contributed by atoms with E-state index >= 15 is 0 Å². The molecule has 1 aliphatic heterocycles. The molecule has 2 N–H and O–H groups in total. The van der Waals surface area contributed by atoms with Crippen LogP contribution in [0, 0.1) is 13.8 Å². The van der Waals surface area contributed by atoms with Gasteiger partial charge >= 0.3 is 0 Å². The molecule has 1 saturated heterocycles. The lowest BCUT2D eigenvalue weighted by Gasteiger charge is -2.20. The van der Waals surface area contributed by atoms with E-state index in [2.05, 4.69) is 27.2 Å². The van der Waals surface area contributed by atoms with Crippen LogP contribution in [0.25, 0.3) is 22.2 Å². The molecule has 184 valence electrons. The van der Waals surface area contributed by atoms with Crippen molar-refractivity contribution < 1.29 is 19.0 Å². The van der Waals surface area contributed by atoms with Gasteiger partial charge in [-0.25, -0.2) is 4.98 Å². The van der Waals surface area contributed by atoms with E-state index in [0.717, 1.165) is 16.7 Å². The summed E-state index contributed by atoms with van der Waals surface area (Å²) in [7, 11) is 4.86. The minimum atomic E-state index is -0.276. The normalized spacial score (nSPS) is 17.3. The van der Waals surface area contributed by atoms with Gasteiger partial charge in [0, 0.05) is 35.8 Å². The van der Waals surface area contributed by atoms with Gasteiger partial charge in [-0.3, -0.25) is 14.2 Å². The quantitative estimate of drug-likeness (QED) is 0.495. The van der Waals surface area contributed by atoms with Crippen LogP contribution in [-0.2, 0) is 16.6 Å². The number of aromatic nitrogens is 3. The summed E-state index contributed by atoms with van der Waals surface area (Å²) < 4.78 is 18.0. The highest BCUT2D eigenvalue weighted by Gasteiger charge is 2.30. The van der Waals surface area contributed by atoms with Gasteiger partial charge in [-0.1, -0.05) is 6.58 Å². The number of methoxy groups -OCH3 is 2. The van der Waals surface area contributed by atoms with Crippen molar-refractivity contribution in [1.29, 1.82) is 0 Å². The number of pyridine rings is 1. The van der Waals surface area contributed by atoms with Crippen LogP contribution in [0.1, 0.15) is 11.1 Å². The molecule has 0 saturated carbocycles. The highest BCUT2D eigenvalue weighted by molar-refractivity contribution is 5.87. The number of carbonyl (C=O) groups is 1. The second kappa shape index (κ2) is 9.75. The summed E-state index contributed by atoms with van der Waals surface area (Å²) >= 11 is 0. The maximum absolute atomic E-state index is 13.5. The molecule has 0 unspecified atom stereocenters. The lowest BCUT2D eigenvalue weighted by Crippen LogP contribution is -2.45. The SMILES string of the molecule is C=CC(=O)N[C@H]1COC[C@H]1Nc1ncc2cc(-c3c(C)c(OC)cc(OC)c3C)c(=O)n(C)c2n1. The monoisotopic (exact) mass is 479 g/mol. The number of hydrogen-bond acceptors (Lipinski definition) is 8. The molecule has 0 aliphatic carbocycles. The van der Waals surface area contributed by atoms with Gasteiger partial charge in [0.25, 0.3) is 5.56 Å². The first-order valence-electron chi connectivity index (χ1n) is 11.2. The lowest BCUT2D eigenvalue weighted by atomic mass is 9.94. The molecule has 3 heterocycles. The summed E-state index contributed by atoms with van der Waals surface area (Å²) in [6.07, 6.45) is 2.89. The van der Waals surface area contributed by atoms with Gasteiger partial charge < -0.3 is 24.8 Å². The Morgan fingerprint density at radius 3 is 2.46 bits per heavy atom. The fourth-order valence-corrected chi connectivity index (χ4v) is 4.43. The standard InChI is InChI=1S/C25H29N5O5/c1-7-21(31)27-17-11-35-12-18(17)28-25-26-10-15-8-16(24(32)30(4)23(15)29-25)22-13(2)19(33-5)9-20(34-6)14(22)3/h7-10,17-18H,1,11-12H2,2-6H3,(H,27,31)(H,26,28,29)/t17-,18+/m0/s1. The van der Waals surface area contributed by atoms with Gasteiger partial charge in [-0.15, -0.1) is 0 Å². The summed E-state index contributed by atoms with van der Waals surface area (Å²) in [4.78, 5) is 34.2. The van der Waals surface area contributed by atoms with E-state index in [1.807, 2.05) is 19.9 Å². The van der Waals surface area contributed by atoms with Crippen LogP contribution in [0.2, 0.25) is 0 Å². The Morgan fingerprint density at radius 1 is 1.17 bits per heavy atom. The van der Waals surface area contributed by atoms with Gasteiger partial charge in [0.1, 0.15) is 17.1 Å². The van der Waals surface area contributed by atoms with Gasteiger partial charge in [-0.05, 0) is 37.1 Å². The molecule has 10 heteroatoms. The second-order valence-electron chi connectivity index (χ2n) is 8.41. The van der Waals surface area contributed by atoms with Crippen LogP contribution in [-0.4, -0.2) is 60.0 Å². The van der Waals surface area contributed by atoms with Gasteiger partial charge in [0.2, 0.25) is 11.9 Å². The van der Waals surface area contributed by atoms with Crippen LogP contribution >= 0.6 is 0 Å². The summed E-state index contributed by atoms with van der Waals surface area (Å²) in [6, 6.07) is 3.14. The van der Waals surface area contributed by atoms with Crippen LogP contribution in [0.15, 0.2) is 35.8 Å². The average molecular weight is 480 g/mol. The van der Waals surface area contributed by atoms with E-state index in [1.54, 1.807) is 33.5 Å². The average Bonchev–Trinajstić information content (AvgIpc) is 3.28. The predicted octanol–water partition coefficient (Wildman–Crippen LogP) is 2.11. The number of ether oxygens (including phenoxy) is 3. The molecule has 0 spiro atoms. The van der Waals surface area contributed by atoms with Crippen molar-refractivity contribution in [3.05, 3.63) is 52.5 Å². The minimum Gasteiger partial charge on any atom is -0.496 e. The molecule has 1 aliphatic rings. The van der Waals surface area contributed by atoms with Crippen molar-refractivity contribution in [3.63, 3.8) is 0 Å². The van der Waals surface area contributed by atoms with E-state index in [4.69, 9.17) is 14.2 Å². The fraction of sp³-hybridized carbons (Fsp3) is 0.360. The second-order valence-corrected chi connectivity index (χ2v) is 8.41. The van der Waals surface area contributed by atoms with Crippen molar-refractivity contribution >= 4 is 22.9 Å². The number of anilines is 1. The summed E-state index contributed by atoms with van der Waals surface area (Å²) in [5.41, 5.74) is 3.23. The lowest BCUT2D eigenvalue weighted by molar-refractivity contribution is -0.117. The zero-order valence-corrected chi connectivity index (χ0v) is 20.5. The molecule has 35 heavy (non-hydrogen) atoms. The van der Waals surface area contributed by atoms with E-state index in [0.29, 0.717) is 47.3 Å². The Hall–Kier alpha value is -3.92. The summed E-state index contributed by atoms with van der Waals surface area (Å²) in [6.45, 7) is 8.07. The number of benzene rings is 1. The third-order valence-electron chi connectivity index (χ3n) is 6.32. The molecule has 3 aromatic rings. The number of amides is 1. The zero-order valence-electron chi connectivity index (χ0n) is 20.5. The molecule has 10 nitrogen and oxygen atoms in total. The maximum Gasteiger partial charge on any atom is 0.259 e. The van der Waals surface area contributed by atoms with Crippen LogP contribution in [0.3, 0.4) is 0 Å². The Morgan fingerprint density at radius 2 is 1.83 bits per heavy atom. The Labute approximate surface area is 202 Å². The fourth-order valence-electron chi connectivity index (χ4n) is 4.43. The molecule has 0 radical (unpaired) electrons. The topological polar surface area (TPSA) is 117 Å². The van der Waals surface area contributed by atoms with E-state index in [1.165, 1.54) is 10.6 Å². The minimum absolute atomic E-state index is 0.205. The molecule has 4 rings (SSSR count). The molecule has 2 aromatic heterocycles. The number of hydrogen-bond donors (Lipinski definition) is 2.